The summed E-state index contributed by atoms with van der Waals surface area (Å²) in [6, 6.07) is 17.8. The fourth-order valence-corrected chi connectivity index (χ4v) is 2.95. The molecule has 0 radical (unpaired) electrons. The molecule has 0 fully saturated rings. The summed E-state index contributed by atoms with van der Waals surface area (Å²) in [5.41, 5.74) is 4.95. The average molecular weight is 385 g/mol. The van der Waals surface area contributed by atoms with Crippen LogP contribution in [-0.2, 0) is 0 Å². The van der Waals surface area contributed by atoms with Gasteiger partial charge >= 0.3 is 0 Å². The van der Waals surface area contributed by atoms with Gasteiger partial charge in [0.25, 0.3) is 0 Å². The highest BCUT2D eigenvalue weighted by Crippen LogP contribution is 2.28. The molecular weight excluding hydrogens is 374 g/mol. The molecule has 0 saturated carbocycles. The van der Waals surface area contributed by atoms with Crippen molar-refractivity contribution in [3.63, 3.8) is 0 Å². The molecule has 2 aromatic heterocycles. The van der Waals surface area contributed by atoms with Gasteiger partial charge in [-0.2, -0.15) is 5.10 Å². The number of fused-ring (bicyclic) bond motifs is 1. The van der Waals surface area contributed by atoms with Crippen molar-refractivity contribution in [3.8, 4) is 22.4 Å². The van der Waals surface area contributed by atoms with Crippen molar-refractivity contribution in [2.45, 2.75) is 0 Å². The highest BCUT2D eigenvalue weighted by molar-refractivity contribution is 9.10. The van der Waals surface area contributed by atoms with E-state index < -0.39 is 0 Å². The van der Waals surface area contributed by atoms with Crippen LogP contribution >= 0.6 is 27.5 Å². The molecule has 23 heavy (non-hydrogen) atoms. The van der Waals surface area contributed by atoms with Crippen LogP contribution in [0.15, 0.2) is 71.5 Å². The summed E-state index contributed by atoms with van der Waals surface area (Å²) in [5.74, 6) is 0. The SMILES string of the molecule is Clc1ccc(-c2cnn3c(-c4ccc(Br)cc4)ccnc23)cc1. The summed E-state index contributed by atoms with van der Waals surface area (Å²) in [5, 5.41) is 5.24. The quantitative estimate of drug-likeness (QED) is 0.458. The van der Waals surface area contributed by atoms with E-state index in [0.717, 1.165) is 32.5 Å². The second kappa shape index (κ2) is 5.80. The summed E-state index contributed by atoms with van der Waals surface area (Å²) in [6.45, 7) is 0. The van der Waals surface area contributed by atoms with Gasteiger partial charge in [-0.25, -0.2) is 9.50 Å². The van der Waals surface area contributed by atoms with Gasteiger partial charge in [0, 0.05) is 26.8 Å². The molecule has 2 heterocycles. The maximum absolute atomic E-state index is 5.97. The molecule has 112 valence electrons. The lowest BCUT2D eigenvalue weighted by molar-refractivity contribution is 0.948. The second-order valence-electron chi connectivity index (χ2n) is 5.14. The van der Waals surface area contributed by atoms with Crippen molar-refractivity contribution in [2.75, 3.05) is 0 Å². The number of benzene rings is 2. The van der Waals surface area contributed by atoms with Gasteiger partial charge in [-0.05, 0) is 35.9 Å². The topological polar surface area (TPSA) is 30.2 Å². The summed E-state index contributed by atoms with van der Waals surface area (Å²) < 4.78 is 2.92. The van der Waals surface area contributed by atoms with Gasteiger partial charge in [0.1, 0.15) is 0 Å². The molecule has 0 amide bonds. The van der Waals surface area contributed by atoms with Crippen LogP contribution in [0.3, 0.4) is 0 Å². The minimum absolute atomic E-state index is 0.716. The Kier molecular flexibility index (Phi) is 3.63. The largest absolute Gasteiger partial charge is 0.236 e. The predicted molar refractivity (Wildman–Crippen MR) is 96.6 cm³/mol. The van der Waals surface area contributed by atoms with E-state index >= 15 is 0 Å². The van der Waals surface area contributed by atoms with Crippen LogP contribution in [0, 0.1) is 0 Å². The van der Waals surface area contributed by atoms with Gasteiger partial charge in [0.05, 0.1) is 11.9 Å². The third kappa shape index (κ3) is 2.64. The second-order valence-corrected chi connectivity index (χ2v) is 6.49. The molecule has 3 nitrogen and oxygen atoms in total. The number of hydrogen-bond acceptors (Lipinski definition) is 2. The fourth-order valence-electron chi connectivity index (χ4n) is 2.56. The summed E-state index contributed by atoms with van der Waals surface area (Å²) in [6.07, 6.45) is 3.65. The van der Waals surface area contributed by atoms with Crippen LogP contribution in [0.25, 0.3) is 28.0 Å². The standard InChI is InChI=1S/C18H11BrClN3/c19-14-5-1-13(2-6-14)17-9-10-21-18-16(11-22-23(17)18)12-3-7-15(20)8-4-12/h1-11H. The van der Waals surface area contributed by atoms with Gasteiger partial charge in [-0.15, -0.1) is 0 Å². The molecular formula is C18H11BrClN3. The van der Waals surface area contributed by atoms with Crippen molar-refractivity contribution in [1.29, 1.82) is 0 Å². The molecule has 5 heteroatoms. The van der Waals surface area contributed by atoms with Crippen molar-refractivity contribution < 1.29 is 0 Å². The first-order valence-electron chi connectivity index (χ1n) is 7.07. The van der Waals surface area contributed by atoms with Crippen molar-refractivity contribution in [2.24, 2.45) is 0 Å². The third-order valence-corrected chi connectivity index (χ3v) is 4.48. The molecule has 0 aliphatic carbocycles. The third-order valence-electron chi connectivity index (χ3n) is 3.70. The molecule has 4 rings (SSSR count). The zero-order chi connectivity index (χ0) is 15.8. The van der Waals surface area contributed by atoms with Gasteiger partial charge in [-0.1, -0.05) is 51.8 Å². The predicted octanol–water partition coefficient (Wildman–Crippen LogP) is 5.48. The summed E-state index contributed by atoms with van der Waals surface area (Å²) in [4.78, 5) is 4.50. The first kappa shape index (κ1) is 14.4. The van der Waals surface area contributed by atoms with Crippen molar-refractivity contribution >= 4 is 33.2 Å². The highest BCUT2D eigenvalue weighted by Gasteiger charge is 2.11. The number of halogens is 2. The monoisotopic (exact) mass is 383 g/mol. The normalized spacial score (nSPS) is 11.0. The van der Waals surface area contributed by atoms with E-state index in [1.165, 1.54) is 0 Å². The number of hydrogen-bond donors (Lipinski definition) is 0. The Balaban J connectivity index is 1.89. The van der Waals surface area contributed by atoms with Crippen molar-refractivity contribution in [1.82, 2.24) is 14.6 Å². The van der Waals surface area contributed by atoms with E-state index in [2.05, 4.69) is 38.1 Å². The van der Waals surface area contributed by atoms with Crippen molar-refractivity contribution in [3.05, 3.63) is 76.5 Å². The van der Waals surface area contributed by atoms with E-state index in [-0.39, 0.29) is 0 Å². The molecule has 0 atom stereocenters. The Morgan fingerprint density at radius 2 is 1.57 bits per heavy atom. The zero-order valence-electron chi connectivity index (χ0n) is 11.9. The lowest BCUT2D eigenvalue weighted by Gasteiger charge is -2.05. The Hall–Kier alpha value is -2.17. The van der Waals surface area contributed by atoms with Gasteiger partial charge in [0.2, 0.25) is 0 Å². The van der Waals surface area contributed by atoms with Crippen LogP contribution < -0.4 is 0 Å². The van der Waals surface area contributed by atoms with E-state index in [9.17, 15) is 0 Å². The Morgan fingerprint density at radius 1 is 0.870 bits per heavy atom. The van der Waals surface area contributed by atoms with Gasteiger partial charge in [-0.3, -0.25) is 0 Å². The Morgan fingerprint density at radius 3 is 2.30 bits per heavy atom. The van der Waals surface area contributed by atoms with E-state index in [4.69, 9.17) is 11.6 Å². The Labute approximate surface area is 146 Å². The Bertz CT molecular complexity index is 976. The van der Waals surface area contributed by atoms with Crippen LogP contribution in [0.5, 0.6) is 0 Å². The average Bonchev–Trinajstić information content (AvgIpc) is 3.00. The molecule has 2 aromatic carbocycles. The fraction of sp³-hybridized carbons (Fsp3) is 0. The summed E-state index contributed by atoms with van der Waals surface area (Å²) in [7, 11) is 0. The molecule has 0 spiro atoms. The lowest BCUT2D eigenvalue weighted by Crippen LogP contribution is -1.95. The van der Waals surface area contributed by atoms with Crippen LogP contribution in [-0.4, -0.2) is 14.6 Å². The van der Waals surface area contributed by atoms with Gasteiger partial charge < -0.3 is 0 Å². The van der Waals surface area contributed by atoms with Gasteiger partial charge in [0.15, 0.2) is 5.65 Å². The molecule has 0 unspecified atom stereocenters. The van der Waals surface area contributed by atoms with E-state index in [1.807, 2.05) is 59.4 Å². The van der Waals surface area contributed by atoms with Crippen LogP contribution in [0.4, 0.5) is 0 Å². The molecule has 0 bridgehead atoms. The maximum Gasteiger partial charge on any atom is 0.163 e. The number of nitrogens with zero attached hydrogens (tertiary/aromatic N) is 3. The van der Waals surface area contributed by atoms with Crippen LogP contribution in [0.2, 0.25) is 5.02 Å². The molecule has 0 N–H and O–H groups in total. The first-order valence-corrected chi connectivity index (χ1v) is 8.24. The minimum Gasteiger partial charge on any atom is -0.236 e. The molecule has 0 aliphatic heterocycles. The molecule has 0 saturated heterocycles. The van der Waals surface area contributed by atoms with E-state index in [0.29, 0.717) is 5.02 Å². The number of aromatic nitrogens is 3. The summed E-state index contributed by atoms with van der Waals surface area (Å²) >= 11 is 9.43. The molecule has 0 aliphatic rings. The van der Waals surface area contributed by atoms with Crippen LogP contribution in [0.1, 0.15) is 0 Å². The smallest absolute Gasteiger partial charge is 0.163 e. The molecule has 4 aromatic rings. The van der Waals surface area contributed by atoms with E-state index in [1.54, 1.807) is 0 Å². The first-order chi connectivity index (χ1) is 11.2. The number of rotatable bonds is 2. The zero-order valence-corrected chi connectivity index (χ0v) is 14.3. The lowest BCUT2D eigenvalue weighted by atomic mass is 10.1. The highest BCUT2D eigenvalue weighted by atomic mass is 79.9. The maximum atomic E-state index is 5.97. The minimum atomic E-state index is 0.716.